The molecule has 0 radical (unpaired) electrons. The average Bonchev–Trinajstić information content (AvgIpc) is 3.05. The number of hydrogen-bond donors (Lipinski definition) is 1. The van der Waals surface area contributed by atoms with E-state index in [1.807, 2.05) is 75.4 Å². The number of nitrogens with one attached hydrogen (secondary N) is 1. The van der Waals surface area contributed by atoms with Crippen LogP contribution in [0.15, 0.2) is 108 Å². The van der Waals surface area contributed by atoms with Gasteiger partial charge >= 0.3 is 0 Å². The molecule has 2 amide bonds. The third kappa shape index (κ3) is 8.72. The first-order valence-electron chi connectivity index (χ1n) is 15.1. The van der Waals surface area contributed by atoms with Gasteiger partial charge in [-0.15, -0.1) is 0 Å². The molecule has 0 fully saturated rings. The van der Waals surface area contributed by atoms with Gasteiger partial charge in [0.25, 0.3) is 10.0 Å². The maximum Gasteiger partial charge on any atom is 0.264 e. The number of rotatable bonds is 14. The van der Waals surface area contributed by atoms with Crippen LogP contribution in [0.25, 0.3) is 0 Å². The summed E-state index contributed by atoms with van der Waals surface area (Å²) >= 11 is 0. The molecule has 46 heavy (non-hydrogen) atoms. The van der Waals surface area contributed by atoms with Gasteiger partial charge in [0, 0.05) is 19.5 Å². The highest BCUT2D eigenvalue weighted by molar-refractivity contribution is 7.92. The van der Waals surface area contributed by atoms with E-state index in [1.54, 1.807) is 0 Å². The van der Waals surface area contributed by atoms with Gasteiger partial charge in [0.15, 0.2) is 0 Å². The molecule has 0 heterocycles. The summed E-state index contributed by atoms with van der Waals surface area (Å²) in [5.74, 6) is -0.853. The summed E-state index contributed by atoms with van der Waals surface area (Å²) in [6.07, 6.45) is 0.212. The van der Waals surface area contributed by atoms with Crippen molar-refractivity contribution >= 4 is 27.5 Å². The maximum atomic E-state index is 14.5. The zero-order valence-electron chi connectivity index (χ0n) is 26.5. The summed E-state index contributed by atoms with van der Waals surface area (Å²) in [5, 5.41) is 2.98. The Morgan fingerprint density at radius 1 is 0.870 bits per heavy atom. The Kier molecular flexibility index (Phi) is 11.5. The number of ether oxygens (including phenoxy) is 1. The second-order valence-electron chi connectivity index (χ2n) is 11.5. The second-order valence-corrected chi connectivity index (χ2v) is 13.3. The molecule has 10 heteroatoms. The summed E-state index contributed by atoms with van der Waals surface area (Å²) in [7, 11) is -2.85. The van der Waals surface area contributed by atoms with Gasteiger partial charge in [0.2, 0.25) is 11.8 Å². The average molecular weight is 646 g/mol. The molecule has 242 valence electrons. The summed E-state index contributed by atoms with van der Waals surface area (Å²) in [6, 6.07) is 26.7. The van der Waals surface area contributed by atoms with E-state index in [-0.39, 0.29) is 35.4 Å². The number of halogens is 1. The summed E-state index contributed by atoms with van der Waals surface area (Å²) in [4.78, 5) is 29.7. The number of nitrogens with zero attached hydrogens (tertiary/aromatic N) is 2. The lowest BCUT2D eigenvalue weighted by Crippen LogP contribution is -2.53. The third-order valence-electron chi connectivity index (χ3n) is 7.60. The van der Waals surface area contributed by atoms with Crippen LogP contribution in [0.3, 0.4) is 0 Å². The Morgan fingerprint density at radius 2 is 1.50 bits per heavy atom. The van der Waals surface area contributed by atoms with Crippen molar-refractivity contribution in [3.05, 3.63) is 126 Å². The van der Waals surface area contributed by atoms with Crippen LogP contribution in [0.5, 0.6) is 5.75 Å². The Hall–Kier alpha value is -4.70. The number of aryl methyl sites for hydroxylation is 1. The lowest BCUT2D eigenvalue weighted by atomic mass is 10.0. The van der Waals surface area contributed by atoms with Crippen LogP contribution in [0.4, 0.5) is 10.1 Å². The Balaban J connectivity index is 1.80. The van der Waals surface area contributed by atoms with Crippen LogP contribution in [0.2, 0.25) is 0 Å². The predicted molar refractivity (Wildman–Crippen MR) is 177 cm³/mol. The maximum absolute atomic E-state index is 14.5. The van der Waals surface area contributed by atoms with Crippen molar-refractivity contribution in [1.82, 2.24) is 10.2 Å². The van der Waals surface area contributed by atoms with Crippen molar-refractivity contribution in [3.63, 3.8) is 0 Å². The number of sulfonamides is 1. The standard InChI is InChI=1S/C36H40FN3O5S/c1-26(2)23-38-36(42)34(22-28-11-6-5-7-12-28)39(24-29-13-9-8-10-27(29)3)35(41)25-40(31-16-14-30(37)15-17-31)46(43,44)33-20-18-32(45-4)19-21-33/h5-21,26,34H,22-25H2,1-4H3,(H,38,42)/t34-/m1/s1. The molecule has 0 bridgehead atoms. The summed E-state index contributed by atoms with van der Waals surface area (Å²) in [6.45, 7) is 5.72. The molecule has 0 unspecified atom stereocenters. The minimum atomic E-state index is -4.32. The van der Waals surface area contributed by atoms with Crippen LogP contribution in [-0.2, 0) is 32.6 Å². The van der Waals surface area contributed by atoms with Gasteiger partial charge in [0.05, 0.1) is 17.7 Å². The highest BCUT2D eigenvalue weighted by Crippen LogP contribution is 2.27. The van der Waals surface area contributed by atoms with Crippen LogP contribution < -0.4 is 14.4 Å². The minimum Gasteiger partial charge on any atom is -0.497 e. The lowest BCUT2D eigenvalue weighted by molar-refractivity contribution is -0.140. The molecule has 0 saturated heterocycles. The topological polar surface area (TPSA) is 96.0 Å². The van der Waals surface area contributed by atoms with Crippen molar-refractivity contribution in [2.75, 3.05) is 24.5 Å². The van der Waals surface area contributed by atoms with E-state index >= 15 is 0 Å². The highest BCUT2D eigenvalue weighted by Gasteiger charge is 2.35. The zero-order valence-corrected chi connectivity index (χ0v) is 27.3. The molecule has 0 aromatic heterocycles. The van der Waals surface area contributed by atoms with E-state index in [0.717, 1.165) is 33.1 Å². The van der Waals surface area contributed by atoms with Crippen molar-refractivity contribution in [2.24, 2.45) is 5.92 Å². The van der Waals surface area contributed by atoms with Gasteiger partial charge in [-0.2, -0.15) is 0 Å². The number of anilines is 1. The van der Waals surface area contributed by atoms with Gasteiger partial charge in [-0.1, -0.05) is 68.4 Å². The van der Waals surface area contributed by atoms with E-state index < -0.39 is 34.3 Å². The van der Waals surface area contributed by atoms with Gasteiger partial charge in [-0.3, -0.25) is 13.9 Å². The highest BCUT2D eigenvalue weighted by atomic mass is 32.2. The minimum absolute atomic E-state index is 0.0674. The Bertz CT molecular complexity index is 1710. The molecule has 4 rings (SSSR count). The number of methoxy groups -OCH3 is 1. The van der Waals surface area contributed by atoms with Crippen LogP contribution in [0.1, 0.15) is 30.5 Å². The lowest BCUT2D eigenvalue weighted by Gasteiger charge is -2.34. The SMILES string of the molecule is COc1ccc(S(=O)(=O)N(CC(=O)N(Cc2ccccc2C)[C@H](Cc2ccccc2)C(=O)NCC(C)C)c2ccc(F)cc2)cc1. The van der Waals surface area contributed by atoms with Gasteiger partial charge < -0.3 is 15.0 Å². The Labute approximate surface area is 270 Å². The fourth-order valence-corrected chi connectivity index (χ4v) is 6.37. The molecule has 0 saturated carbocycles. The van der Waals surface area contributed by atoms with Crippen LogP contribution in [0, 0.1) is 18.7 Å². The first-order chi connectivity index (χ1) is 22.0. The van der Waals surface area contributed by atoms with E-state index in [0.29, 0.717) is 12.3 Å². The first kappa shape index (κ1) is 34.2. The van der Waals surface area contributed by atoms with Crippen molar-refractivity contribution in [1.29, 1.82) is 0 Å². The number of carbonyl (C=O) groups is 2. The van der Waals surface area contributed by atoms with Crippen LogP contribution in [-0.4, -0.2) is 51.4 Å². The van der Waals surface area contributed by atoms with Crippen molar-refractivity contribution < 1.29 is 27.1 Å². The third-order valence-corrected chi connectivity index (χ3v) is 9.39. The smallest absolute Gasteiger partial charge is 0.264 e. The predicted octanol–water partition coefficient (Wildman–Crippen LogP) is 5.75. The molecule has 1 N–H and O–H groups in total. The normalized spacial score (nSPS) is 12.0. The molecule has 8 nitrogen and oxygen atoms in total. The molecular weight excluding hydrogens is 605 g/mol. The Morgan fingerprint density at radius 3 is 2.11 bits per heavy atom. The molecule has 0 aliphatic heterocycles. The van der Waals surface area contributed by atoms with Gasteiger partial charge in [0.1, 0.15) is 24.2 Å². The van der Waals surface area contributed by atoms with E-state index in [1.165, 1.54) is 48.4 Å². The van der Waals surface area contributed by atoms with E-state index in [2.05, 4.69) is 5.32 Å². The summed E-state index contributed by atoms with van der Waals surface area (Å²) in [5.41, 5.74) is 2.68. The molecule has 0 spiro atoms. The second kappa shape index (κ2) is 15.5. The fourth-order valence-electron chi connectivity index (χ4n) is 4.96. The first-order valence-corrected chi connectivity index (χ1v) is 16.5. The number of benzene rings is 4. The van der Waals surface area contributed by atoms with Gasteiger partial charge in [-0.05, 0) is 78.1 Å². The van der Waals surface area contributed by atoms with Crippen molar-refractivity contribution in [3.8, 4) is 5.75 Å². The van der Waals surface area contributed by atoms with Crippen LogP contribution >= 0.6 is 0 Å². The number of amides is 2. The zero-order chi connectivity index (χ0) is 33.3. The van der Waals surface area contributed by atoms with Gasteiger partial charge in [-0.25, -0.2) is 12.8 Å². The number of carbonyl (C=O) groups excluding carboxylic acids is 2. The largest absolute Gasteiger partial charge is 0.497 e. The molecule has 4 aromatic rings. The molecular formula is C36H40FN3O5S. The summed E-state index contributed by atoms with van der Waals surface area (Å²) < 4.78 is 48.3. The fraction of sp³-hybridized carbons (Fsp3) is 0.278. The molecule has 0 aliphatic carbocycles. The van der Waals surface area contributed by atoms with E-state index in [9.17, 15) is 22.4 Å². The van der Waals surface area contributed by atoms with Crippen molar-refractivity contribution in [2.45, 2.75) is 44.7 Å². The molecule has 4 aromatic carbocycles. The molecule has 1 atom stereocenters. The monoisotopic (exact) mass is 645 g/mol. The quantitative estimate of drug-likeness (QED) is 0.189. The number of hydrogen-bond acceptors (Lipinski definition) is 5. The molecule has 0 aliphatic rings. The van der Waals surface area contributed by atoms with E-state index in [4.69, 9.17) is 4.74 Å².